The van der Waals surface area contributed by atoms with Crippen LogP contribution >= 0.6 is 34.8 Å². The summed E-state index contributed by atoms with van der Waals surface area (Å²) in [6, 6.07) is 5.33. The molecule has 1 aromatic carbocycles. The van der Waals surface area contributed by atoms with Crippen LogP contribution in [0.15, 0.2) is 41.6 Å². The first-order chi connectivity index (χ1) is 8.00. The maximum absolute atomic E-state index is 6.16. The fourth-order valence-corrected chi connectivity index (χ4v) is 2.23. The van der Waals surface area contributed by atoms with Crippen LogP contribution in [0.25, 0.3) is 5.70 Å². The predicted molar refractivity (Wildman–Crippen MR) is 74.0 cm³/mol. The van der Waals surface area contributed by atoms with Gasteiger partial charge in [0.15, 0.2) is 0 Å². The van der Waals surface area contributed by atoms with E-state index in [2.05, 4.69) is 12.7 Å². The maximum Gasteiger partial charge on any atom is 0.0400 e. The number of benzene rings is 1. The Kier molecular flexibility index (Phi) is 5.95. The largest absolute Gasteiger partial charge is 0.377 e. The van der Waals surface area contributed by atoms with E-state index in [1.165, 1.54) is 0 Å². The summed E-state index contributed by atoms with van der Waals surface area (Å²) in [5.41, 5.74) is 2.38. The van der Waals surface area contributed by atoms with E-state index in [1.807, 2.05) is 18.0 Å². The SMILES string of the molecule is C=C1C(Cl)=C[C-]=C(c2ccc(Cl)cc2Cl)N1C.[Y]. The van der Waals surface area contributed by atoms with Gasteiger partial charge in [-0.15, -0.1) is 6.07 Å². The molecule has 0 unspecified atom stereocenters. The molecule has 1 radical (unpaired) electrons. The van der Waals surface area contributed by atoms with Crippen molar-refractivity contribution < 1.29 is 32.7 Å². The summed E-state index contributed by atoms with van der Waals surface area (Å²) in [5, 5.41) is 1.75. The fourth-order valence-electron chi connectivity index (χ4n) is 1.55. The Balaban J connectivity index is 0.00000162. The van der Waals surface area contributed by atoms with Crippen LogP contribution in [-0.4, -0.2) is 11.9 Å². The van der Waals surface area contributed by atoms with Crippen LogP contribution in [0.2, 0.25) is 10.0 Å². The molecule has 0 N–H and O–H groups in total. The standard InChI is InChI=1S/C13H9Cl3N.Y/c1-8-11(15)5-6-13(17(8)2)10-4-3-9(14)7-12(10)16;/h3-5,7H,1H2,2H3;/q-1;. The van der Waals surface area contributed by atoms with Gasteiger partial charge in [0.1, 0.15) is 0 Å². The molecule has 0 fully saturated rings. The summed E-state index contributed by atoms with van der Waals surface area (Å²) in [4.78, 5) is 1.84. The zero-order valence-corrected chi connectivity index (χ0v) is 14.8. The van der Waals surface area contributed by atoms with E-state index in [0.717, 1.165) is 11.3 Å². The minimum absolute atomic E-state index is 0. The molecule has 0 saturated heterocycles. The van der Waals surface area contributed by atoms with Crippen molar-refractivity contribution in [1.29, 1.82) is 0 Å². The van der Waals surface area contributed by atoms with Gasteiger partial charge in [0.05, 0.1) is 0 Å². The smallest absolute Gasteiger partial charge is 0.0400 e. The molecule has 0 bridgehead atoms. The van der Waals surface area contributed by atoms with Crippen molar-refractivity contribution in [3.63, 3.8) is 0 Å². The third-order valence-electron chi connectivity index (χ3n) is 2.54. The van der Waals surface area contributed by atoms with Crippen LogP contribution in [0.5, 0.6) is 0 Å². The summed E-state index contributed by atoms with van der Waals surface area (Å²) < 4.78 is 0. The minimum Gasteiger partial charge on any atom is -0.377 e. The first kappa shape index (κ1) is 16.3. The van der Waals surface area contributed by atoms with Gasteiger partial charge in [-0.1, -0.05) is 47.1 Å². The molecular weight excluding hydrogens is 365 g/mol. The van der Waals surface area contributed by atoms with Crippen LogP contribution in [0.1, 0.15) is 5.56 Å². The summed E-state index contributed by atoms with van der Waals surface area (Å²) in [7, 11) is 1.87. The van der Waals surface area contributed by atoms with Gasteiger partial charge in [0.25, 0.3) is 0 Å². The van der Waals surface area contributed by atoms with E-state index in [4.69, 9.17) is 34.8 Å². The number of allylic oxidation sites excluding steroid dienone is 3. The number of halogens is 3. The first-order valence-corrected chi connectivity index (χ1v) is 6.01. The molecule has 1 heterocycles. The average molecular weight is 374 g/mol. The average Bonchev–Trinajstić information content (AvgIpc) is 2.28. The first-order valence-electron chi connectivity index (χ1n) is 4.88. The molecule has 0 aliphatic carbocycles. The van der Waals surface area contributed by atoms with Gasteiger partial charge in [0.2, 0.25) is 0 Å². The molecule has 2 rings (SSSR count). The van der Waals surface area contributed by atoms with Gasteiger partial charge in [-0.05, 0) is 21.8 Å². The van der Waals surface area contributed by atoms with Crippen molar-refractivity contribution in [3.05, 3.63) is 63.3 Å². The van der Waals surface area contributed by atoms with Crippen LogP contribution in [0.3, 0.4) is 0 Å². The van der Waals surface area contributed by atoms with Gasteiger partial charge in [0, 0.05) is 44.8 Å². The molecule has 1 nitrogen and oxygen atoms in total. The Morgan fingerprint density at radius 2 is 1.89 bits per heavy atom. The van der Waals surface area contributed by atoms with E-state index >= 15 is 0 Å². The summed E-state index contributed by atoms with van der Waals surface area (Å²) in [5.74, 6) is 0. The van der Waals surface area contributed by atoms with Crippen molar-refractivity contribution in [2.75, 3.05) is 7.05 Å². The third-order valence-corrected chi connectivity index (χ3v) is 3.41. The van der Waals surface area contributed by atoms with Crippen molar-refractivity contribution in [2.24, 2.45) is 0 Å². The van der Waals surface area contributed by atoms with E-state index in [9.17, 15) is 0 Å². The van der Waals surface area contributed by atoms with Crippen LogP contribution < -0.4 is 0 Å². The maximum atomic E-state index is 6.16. The Labute approximate surface area is 147 Å². The Morgan fingerprint density at radius 1 is 1.22 bits per heavy atom. The molecule has 91 valence electrons. The molecule has 1 aliphatic heterocycles. The zero-order chi connectivity index (χ0) is 12.6. The number of rotatable bonds is 1. The molecule has 0 atom stereocenters. The molecule has 1 aromatic rings. The number of likely N-dealkylation sites (N-methyl/N-ethyl adjacent to an activating group) is 1. The zero-order valence-electron chi connectivity index (χ0n) is 9.67. The van der Waals surface area contributed by atoms with E-state index < -0.39 is 0 Å². The van der Waals surface area contributed by atoms with E-state index in [1.54, 1.807) is 18.2 Å². The van der Waals surface area contributed by atoms with Gasteiger partial charge in [-0.25, -0.2) is 0 Å². The Hall–Kier alpha value is 0.214. The molecule has 0 spiro atoms. The van der Waals surface area contributed by atoms with Gasteiger partial charge < -0.3 is 4.90 Å². The van der Waals surface area contributed by atoms with Crippen molar-refractivity contribution in [2.45, 2.75) is 0 Å². The molecule has 5 heteroatoms. The van der Waals surface area contributed by atoms with Crippen molar-refractivity contribution >= 4 is 40.5 Å². The summed E-state index contributed by atoms with van der Waals surface area (Å²) in [6.45, 7) is 3.89. The number of hydrogen-bond donors (Lipinski definition) is 0. The molecular formula is C13H9Cl3NY-. The van der Waals surface area contributed by atoms with Crippen LogP contribution in [0.4, 0.5) is 0 Å². The second-order valence-electron chi connectivity index (χ2n) is 3.62. The summed E-state index contributed by atoms with van der Waals surface area (Å²) >= 11 is 18.0. The molecule has 0 saturated carbocycles. The number of hydrogen-bond acceptors (Lipinski definition) is 1. The molecule has 1 aliphatic rings. The molecule has 0 aromatic heterocycles. The van der Waals surface area contributed by atoms with E-state index in [0.29, 0.717) is 20.8 Å². The fraction of sp³-hybridized carbons (Fsp3) is 0.0769. The Bertz CT molecular complexity index is 549. The second kappa shape index (κ2) is 6.59. The number of nitrogens with zero attached hydrogens (tertiary/aromatic N) is 1. The van der Waals surface area contributed by atoms with Gasteiger partial charge in [-0.2, -0.15) is 23.8 Å². The monoisotopic (exact) mass is 373 g/mol. The quantitative estimate of drug-likeness (QED) is 0.643. The topological polar surface area (TPSA) is 3.24 Å². The van der Waals surface area contributed by atoms with Gasteiger partial charge >= 0.3 is 0 Å². The van der Waals surface area contributed by atoms with Crippen LogP contribution in [-0.2, 0) is 32.7 Å². The van der Waals surface area contributed by atoms with E-state index in [-0.39, 0.29) is 32.7 Å². The van der Waals surface area contributed by atoms with Crippen LogP contribution in [0, 0.1) is 6.08 Å². The molecule has 0 amide bonds. The van der Waals surface area contributed by atoms with Crippen molar-refractivity contribution in [1.82, 2.24) is 4.90 Å². The van der Waals surface area contributed by atoms with Crippen molar-refractivity contribution in [3.8, 4) is 0 Å². The minimum atomic E-state index is 0. The molecule has 18 heavy (non-hydrogen) atoms. The second-order valence-corrected chi connectivity index (χ2v) is 4.87. The third kappa shape index (κ3) is 3.21. The Morgan fingerprint density at radius 3 is 2.50 bits per heavy atom. The normalized spacial score (nSPS) is 14.9. The predicted octanol–water partition coefficient (Wildman–Crippen LogP) is 4.72. The van der Waals surface area contributed by atoms with Gasteiger partial charge in [-0.3, -0.25) is 0 Å². The summed E-state index contributed by atoms with van der Waals surface area (Å²) in [6.07, 6.45) is 4.77.